The first kappa shape index (κ1) is 15.3. The zero-order valence-electron chi connectivity index (χ0n) is 12.6. The van der Waals surface area contributed by atoms with Crippen molar-refractivity contribution in [2.24, 2.45) is 0 Å². The normalized spacial score (nSPS) is 12.1. The molecule has 5 heteroatoms. The second-order valence-corrected chi connectivity index (χ2v) is 5.04. The van der Waals surface area contributed by atoms with E-state index in [0.717, 1.165) is 24.2 Å². The summed E-state index contributed by atoms with van der Waals surface area (Å²) < 4.78 is 4.93. The molecule has 112 valence electrons. The van der Waals surface area contributed by atoms with Crippen LogP contribution in [0.5, 0.6) is 0 Å². The summed E-state index contributed by atoms with van der Waals surface area (Å²) in [4.78, 5) is 12.2. The molecular weight excluding hydrogens is 266 g/mol. The van der Waals surface area contributed by atoms with Crippen LogP contribution in [0, 0.1) is 6.92 Å². The molecule has 1 unspecified atom stereocenters. The van der Waals surface area contributed by atoms with E-state index in [9.17, 15) is 4.79 Å². The Morgan fingerprint density at radius 2 is 2.14 bits per heavy atom. The fourth-order valence-corrected chi connectivity index (χ4v) is 2.12. The summed E-state index contributed by atoms with van der Waals surface area (Å²) in [6, 6.07) is 9.56. The van der Waals surface area contributed by atoms with Gasteiger partial charge in [-0.2, -0.15) is 0 Å². The summed E-state index contributed by atoms with van der Waals surface area (Å²) in [6.07, 6.45) is 1.07. The van der Waals surface area contributed by atoms with Crippen molar-refractivity contribution in [1.29, 1.82) is 0 Å². The maximum Gasteiger partial charge on any atom is 0.277 e. The van der Waals surface area contributed by atoms with Gasteiger partial charge in [0.2, 0.25) is 0 Å². The number of benzene rings is 1. The number of hydrogen-bond donors (Lipinski definition) is 2. The molecule has 0 fully saturated rings. The molecule has 1 atom stereocenters. The molecular formula is C16H21N3O2. The van der Waals surface area contributed by atoms with Gasteiger partial charge in [-0.05, 0) is 38.4 Å². The molecule has 1 aromatic carbocycles. The van der Waals surface area contributed by atoms with Gasteiger partial charge in [0.25, 0.3) is 5.91 Å². The molecule has 2 N–H and O–H groups in total. The molecule has 0 aliphatic rings. The zero-order chi connectivity index (χ0) is 15.2. The van der Waals surface area contributed by atoms with Crippen molar-refractivity contribution in [2.45, 2.75) is 33.2 Å². The van der Waals surface area contributed by atoms with Gasteiger partial charge in [0.05, 0.1) is 0 Å². The molecule has 2 aromatic rings. The number of carbonyl (C=O) groups is 1. The van der Waals surface area contributed by atoms with Gasteiger partial charge in [-0.3, -0.25) is 4.79 Å². The van der Waals surface area contributed by atoms with Crippen LogP contribution in [0.15, 0.2) is 34.9 Å². The quantitative estimate of drug-likeness (QED) is 0.855. The lowest BCUT2D eigenvalue weighted by atomic mass is 10.1. The SMILES string of the molecule is CCCNC(C)c1ccccc1NC(=O)c1cc(C)on1. The van der Waals surface area contributed by atoms with Crippen LogP contribution < -0.4 is 10.6 Å². The van der Waals surface area contributed by atoms with E-state index >= 15 is 0 Å². The molecule has 0 saturated heterocycles. The van der Waals surface area contributed by atoms with Crippen LogP contribution in [0.1, 0.15) is 48.1 Å². The Morgan fingerprint density at radius 3 is 2.81 bits per heavy atom. The number of amides is 1. The Hall–Kier alpha value is -2.14. The summed E-state index contributed by atoms with van der Waals surface area (Å²) >= 11 is 0. The highest BCUT2D eigenvalue weighted by Gasteiger charge is 2.15. The summed E-state index contributed by atoms with van der Waals surface area (Å²) in [7, 11) is 0. The molecule has 21 heavy (non-hydrogen) atoms. The van der Waals surface area contributed by atoms with Gasteiger partial charge in [-0.25, -0.2) is 0 Å². The standard InChI is InChI=1S/C16H21N3O2/c1-4-9-17-12(3)13-7-5-6-8-14(13)18-16(20)15-10-11(2)21-19-15/h5-8,10,12,17H,4,9H2,1-3H3,(H,18,20). The average Bonchev–Trinajstić information content (AvgIpc) is 2.92. The second-order valence-electron chi connectivity index (χ2n) is 5.04. The van der Waals surface area contributed by atoms with E-state index in [1.165, 1.54) is 0 Å². The third-order valence-electron chi connectivity index (χ3n) is 3.24. The second kappa shape index (κ2) is 7.04. The van der Waals surface area contributed by atoms with Crippen LogP contribution in [0.3, 0.4) is 0 Å². The largest absolute Gasteiger partial charge is 0.361 e. The highest BCUT2D eigenvalue weighted by atomic mass is 16.5. The third kappa shape index (κ3) is 3.92. The minimum Gasteiger partial charge on any atom is -0.361 e. The molecule has 2 rings (SSSR count). The highest BCUT2D eigenvalue weighted by Crippen LogP contribution is 2.23. The lowest BCUT2D eigenvalue weighted by Crippen LogP contribution is -2.21. The molecule has 0 radical (unpaired) electrons. The van der Waals surface area contributed by atoms with Gasteiger partial charge in [-0.1, -0.05) is 30.3 Å². The predicted molar refractivity (Wildman–Crippen MR) is 82.3 cm³/mol. The van der Waals surface area contributed by atoms with E-state index < -0.39 is 0 Å². The molecule has 5 nitrogen and oxygen atoms in total. The summed E-state index contributed by atoms with van der Waals surface area (Å²) in [5.41, 5.74) is 2.13. The summed E-state index contributed by atoms with van der Waals surface area (Å²) in [6.45, 7) is 6.90. The molecule has 1 heterocycles. The van der Waals surface area contributed by atoms with E-state index in [-0.39, 0.29) is 17.6 Å². The zero-order valence-corrected chi connectivity index (χ0v) is 12.6. The van der Waals surface area contributed by atoms with Gasteiger partial charge < -0.3 is 15.2 Å². The van der Waals surface area contributed by atoms with Crippen LogP contribution in [-0.4, -0.2) is 17.6 Å². The number of aromatic nitrogens is 1. The van der Waals surface area contributed by atoms with Crippen molar-refractivity contribution in [2.75, 3.05) is 11.9 Å². The molecule has 0 spiro atoms. The number of nitrogens with one attached hydrogen (secondary N) is 2. The Bertz CT molecular complexity index is 607. The van der Waals surface area contributed by atoms with E-state index in [1.807, 2.05) is 24.3 Å². The fraction of sp³-hybridized carbons (Fsp3) is 0.375. The van der Waals surface area contributed by atoms with E-state index in [1.54, 1.807) is 13.0 Å². The minimum atomic E-state index is -0.262. The van der Waals surface area contributed by atoms with Crippen LogP contribution in [0.2, 0.25) is 0 Å². The lowest BCUT2D eigenvalue weighted by Gasteiger charge is -2.17. The van der Waals surface area contributed by atoms with E-state index in [0.29, 0.717) is 5.76 Å². The summed E-state index contributed by atoms with van der Waals surface area (Å²) in [5, 5.41) is 10.1. The number of carbonyl (C=O) groups excluding carboxylic acids is 1. The first-order chi connectivity index (χ1) is 10.1. The number of hydrogen-bond acceptors (Lipinski definition) is 4. The number of aryl methyl sites for hydroxylation is 1. The number of nitrogens with zero attached hydrogens (tertiary/aromatic N) is 1. The van der Waals surface area contributed by atoms with Gasteiger partial charge in [0.1, 0.15) is 5.76 Å². The topological polar surface area (TPSA) is 67.2 Å². The fourth-order valence-electron chi connectivity index (χ4n) is 2.12. The van der Waals surface area contributed by atoms with Gasteiger partial charge >= 0.3 is 0 Å². The van der Waals surface area contributed by atoms with Crippen molar-refractivity contribution in [3.05, 3.63) is 47.3 Å². The first-order valence-corrected chi connectivity index (χ1v) is 7.18. The van der Waals surface area contributed by atoms with E-state index in [4.69, 9.17) is 4.52 Å². The Labute approximate surface area is 124 Å². The molecule has 0 saturated carbocycles. The van der Waals surface area contributed by atoms with Gasteiger partial charge in [0.15, 0.2) is 5.69 Å². The minimum absolute atomic E-state index is 0.167. The Morgan fingerprint density at radius 1 is 1.38 bits per heavy atom. The van der Waals surface area contributed by atoms with Crippen LogP contribution in [-0.2, 0) is 0 Å². The number of rotatable bonds is 6. The van der Waals surface area contributed by atoms with Crippen molar-refractivity contribution in [3.8, 4) is 0 Å². The van der Waals surface area contributed by atoms with Gasteiger partial charge in [0, 0.05) is 17.8 Å². The van der Waals surface area contributed by atoms with Crippen LogP contribution in [0.25, 0.3) is 0 Å². The van der Waals surface area contributed by atoms with Crippen LogP contribution >= 0.6 is 0 Å². The summed E-state index contributed by atoms with van der Waals surface area (Å²) in [5.74, 6) is 0.355. The predicted octanol–water partition coefficient (Wildman–Crippen LogP) is 3.30. The smallest absolute Gasteiger partial charge is 0.277 e. The lowest BCUT2D eigenvalue weighted by molar-refractivity contribution is 0.101. The van der Waals surface area contributed by atoms with Crippen molar-refractivity contribution < 1.29 is 9.32 Å². The Balaban J connectivity index is 2.14. The number of anilines is 1. The molecule has 1 amide bonds. The Kier molecular flexibility index (Phi) is 5.11. The van der Waals surface area contributed by atoms with Crippen molar-refractivity contribution >= 4 is 11.6 Å². The molecule has 0 aliphatic heterocycles. The average molecular weight is 287 g/mol. The molecule has 0 bridgehead atoms. The van der Waals surface area contributed by atoms with Gasteiger partial charge in [-0.15, -0.1) is 0 Å². The van der Waals surface area contributed by atoms with Crippen LogP contribution in [0.4, 0.5) is 5.69 Å². The molecule has 1 aromatic heterocycles. The molecule has 0 aliphatic carbocycles. The first-order valence-electron chi connectivity index (χ1n) is 7.18. The van der Waals surface area contributed by atoms with Crippen molar-refractivity contribution in [1.82, 2.24) is 10.5 Å². The third-order valence-corrected chi connectivity index (χ3v) is 3.24. The maximum absolute atomic E-state index is 12.2. The van der Waals surface area contributed by atoms with E-state index in [2.05, 4.69) is 29.6 Å². The highest BCUT2D eigenvalue weighted by molar-refractivity contribution is 6.03. The van der Waals surface area contributed by atoms with Crippen molar-refractivity contribution in [3.63, 3.8) is 0 Å². The number of para-hydroxylation sites is 1. The maximum atomic E-state index is 12.2. The monoisotopic (exact) mass is 287 g/mol.